The number of benzene rings is 2. The molecule has 15 heavy (non-hydrogen) atoms. The molecule has 0 saturated carbocycles. The van der Waals surface area contributed by atoms with Crippen molar-refractivity contribution < 1.29 is 4.74 Å². The van der Waals surface area contributed by atoms with E-state index in [2.05, 4.69) is 11.4 Å². The van der Waals surface area contributed by atoms with Gasteiger partial charge in [-0.2, -0.15) is 0 Å². The molecule has 0 aliphatic heterocycles. The molecule has 0 spiro atoms. The van der Waals surface area contributed by atoms with Crippen molar-refractivity contribution in [1.82, 2.24) is 0 Å². The molecular weight excluding hydrogens is 186 g/mol. The molecule has 0 aromatic heterocycles. The van der Waals surface area contributed by atoms with E-state index in [1.54, 1.807) is 7.11 Å². The number of anilines is 2. The number of hydrogen-bond donors (Lipinski definition) is 1. The number of rotatable bonds is 3. The zero-order valence-corrected chi connectivity index (χ0v) is 8.53. The second kappa shape index (κ2) is 4.51. The molecule has 0 fully saturated rings. The molecule has 2 aromatic rings. The molecular formula is C13H12NO. The molecule has 0 amide bonds. The summed E-state index contributed by atoms with van der Waals surface area (Å²) in [5.41, 5.74) is 2.07. The first-order valence-corrected chi connectivity index (χ1v) is 4.76. The Balaban J connectivity index is 2.11. The molecule has 0 aliphatic carbocycles. The average Bonchev–Trinajstić information content (AvgIpc) is 2.31. The predicted molar refractivity (Wildman–Crippen MR) is 61.6 cm³/mol. The first kappa shape index (κ1) is 9.59. The Labute approximate surface area is 89.5 Å². The maximum absolute atomic E-state index is 5.09. The minimum Gasteiger partial charge on any atom is -0.497 e. The van der Waals surface area contributed by atoms with Crippen molar-refractivity contribution in [3.63, 3.8) is 0 Å². The zero-order valence-electron chi connectivity index (χ0n) is 8.53. The second-order valence-electron chi connectivity index (χ2n) is 3.15. The molecule has 1 N–H and O–H groups in total. The standard InChI is InChI=1S/C13H12NO/c1-15-13-9-7-12(8-10-13)14-11-5-3-2-4-6-11/h2-3,5-10,14H,1H3. The highest BCUT2D eigenvalue weighted by Crippen LogP contribution is 2.19. The number of hydrogen-bond acceptors (Lipinski definition) is 2. The Morgan fingerprint density at radius 2 is 1.87 bits per heavy atom. The molecule has 2 heteroatoms. The van der Waals surface area contributed by atoms with Crippen LogP contribution in [0.3, 0.4) is 0 Å². The van der Waals surface area contributed by atoms with Crippen LogP contribution in [0.15, 0.2) is 48.5 Å². The fraction of sp³-hybridized carbons (Fsp3) is 0.0769. The number of nitrogens with one attached hydrogen (secondary N) is 1. The summed E-state index contributed by atoms with van der Waals surface area (Å²) in [6.45, 7) is 0. The van der Waals surface area contributed by atoms with E-state index >= 15 is 0 Å². The third-order valence-corrected chi connectivity index (χ3v) is 2.09. The molecule has 0 atom stereocenters. The van der Waals surface area contributed by atoms with Crippen LogP contribution in [-0.4, -0.2) is 7.11 Å². The van der Waals surface area contributed by atoms with Gasteiger partial charge in [0.25, 0.3) is 0 Å². The third kappa shape index (κ3) is 2.50. The Kier molecular flexibility index (Phi) is 2.88. The van der Waals surface area contributed by atoms with Crippen LogP contribution in [0.2, 0.25) is 0 Å². The Hall–Kier alpha value is -1.96. The van der Waals surface area contributed by atoms with E-state index in [-0.39, 0.29) is 0 Å². The largest absolute Gasteiger partial charge is 0.497 e. The number of methoxy groups -OCH3 is 1. The lowest BCUT2D eigenvalue weighted by molar-refractivity contribution is 0.415. The summed E-state index contributed by atoms with van der Waals surface area (Å²) in [6.07, 6.45) is 0. The van der Waals surface area contributed by atoms with Crippen LogP contribution in [0.25, 0.3) is 0 Å². The maximum atomic E-state index is 5.09. The molecule has 0 saturated heterocycles. The SMILES string of the molecule is COc1ccc(Nc2c[c]ccc2)cc1. The fourth-order valence-electron chi connectivity index (χ4n) is 1.31. The lowest BCUT2D eigenvalue weighted by Crippen LogP contribution is -1.89. The smallest absolute Gasteiger partial charge is 0.119 e. The van der Waals surface area contributed by atoms with E-state index in [1.165, 1.54) is 0 Å². The summed E-state index contributed by atoms with van der Waals surface area (Å²) < 4.78 is 5.09. The normalized spacial score (nSPS) is 9.67. The van der Waals surface area contributed by atoms with E-state index in [1.807, 2.05) is 48.5 Å². The summed E-state index contributed by atoms with van der Waals surface area (Å²) in [6, 6.07) is 18.6. The van der Waals surface area contributed by atoms with E-state index < -0.39 is 0 Å². The van der Waals surface area contributed by atoms with Crippen molar-refractivity contribution in [2.24, 2.45) is 0 Å². The third-order valence-electron chi connectivity index (χ3n) is 2.09. The molecule has 2 aromatic carbocycles. The average molecular weight is 198 g/mol. The lowest BCUT2D eigenvalue weighted by atomic mass is 10.2. The highest BCUT2D eigenvalue weighted by Gasteiger charge is 1.94. The molecule has 75 valence electrons. The van der Waals surface area contributed by atoms with Crippen molar-refractivity contribution in [3.05, 3.63) is 54.6 Å². The van der Waals surface area contributed by atoms with Gasteiger partial charge in [0.2, 0.25) is 0 Å². The summed E-state index contributed by atoms with van der Waals surface area (Å²) in [7, 11) is 1.66. The minimum absolute atomic E-state index is 0.861. The number of ether oxygens (including phenoxy) is 1. The highest BCUT2D eigenvalue weighted by atomic mass is 16.5. The van der Waals surface area contributed by atoms with Gasteiger partial charge in [0, 0.05) is 11.4 Å². The van der Waals surface area contributed by atoms with Crippen molar-refractivity contribution in [2.75, 3.05) is 12.4 Å². The van der Waals surface area contributed by atoms with Gasteiger partial charge in [-0.25, -0.2) is 0 Å². The monoisotopic (exact) mass is 198 g/mol. The summed E-state index contributed by atoms with van der Waals surface area (Å²) >= 11 is 0. The zero-order chi connectivity index (χ0) is 10.5. The van der Waals surface area contributed by atoms with E-state index in [0.29, 0.717) is 0 Å². The van der Waals surface area contributed by atoms with Crippen molar-refractivity contribution >= 4 is 11.4 Å². The molecule has 0 heterocycles. The van der Waals surface area contributed by atoms with Crippen molar-refractivity contribution in [1.29, 1.82) is 0 Å². The van der Waals surface area contributed by atoms with E-state index in [4.69, 9.17) is 4.74 Å². The van der Waals surface area contributed by atoms with Gasteiger partial charge in [0.15, 0.2) is 0 Å². The van der Waals surface area contributed by atoms with E-state index in [9.17, 15) is 0 Å². The van der Waals surface area contributed by atoms with Gasteiger partial charge in [-0.15, -0.1) is 0 Å². The van der Waals surface area contributed by atoms with Crippen LogP contribution in [0.4, 0.5) is 11.4 Å². The lowest BCUT2D eigenvalue weighted by Gasteiger charge is -2.06. The molecule has 0 bridgehead atoms. The molecule has 2 nitrogen and oxygen atoms in total. The predicted octanol–water partition coefficient (Wildman–Crippen LogP) is 3.24. The molecule has 1 radical (unpaired) electrons. The van der Waals surface area contributed by atoms with E-state index in [0.717, 1.165) is 17.1 Å². The van der Waals surface area contributed by atoms with Crippen LogP contribution in [0.1, 0.15) is 0 Å². The van der Waals surface area contributed by atoms with Crippen LogP contribution in [0, 0.1) is 6.07 Å². The van der Waals surface area contributed by atoms with Gasteiger partial charge in [0.1, 0.15) is 5.75 Å². The van der Waals surface area contributed by atoms with Crippen LogP contribution >= 0.6 is 0 Å². The molecule has 0 aliphatic rings. The summed E-state index contributed by atoms with van der Waals surface area (Å²) in [4.78, 5) is 0. The van der Waals surface area contributed by atoms with Gasteiger partial charge >= 0.3 is 0 Å². The minimum atomic E-state index is 0.861. The fourth-order valence-corrected chi connectivity index (χ4v) is 1.31. The second-order valence-corrected chi connectivity index (χ2v) is 3.15. The Bertz CT molecular complexity index is 408. The van der Waals surface area contributed by atoms with Crippen LogP contribution < -0.4 is 10.1 Å². The molecule has 2 rings (SSSR count). The van der Waals surface area contributed by atoms with Gasteiger partial charge < -0.3 is 10.1 Å². The Morgan fingerprint density at radius 3 is 2.47 bits per heavy atom. The first-order chi connectivity index (χ1) is 7.38. The highest BCUT2D eigenvalue weighted by molar-refractivity contribution is 5.59. The summed E-state index contributed by atoms with van der Waals surface area (Å²) in [5, 5.41) is 3.27. The van der Waals surface area contributed by atoms with Gasteiger partial charge in [0.05, 0.1) is 7.11 Å². The van der Waals surface area contributed by atoms with Crippen LogP contribution in [-0.2, 0) is 0 Å². The topological polar surface area (TPSA) is 21.3 Å². The quantitative estimate of drug-likeness (QED) is 0.817. The van der Waals surface area contributed by atoms with Gasteiger partial charge in [-0.1, -0.05) is 12.1 Å². The van der Waals surface area contributed by atoms with Gasteiger partial charge in [-0.05, 0) is 42.5 Å². The first-order valence-electron chi connectivity index (χ1n) is 4.76. The van der Waals surface area contributed by atoms with Crippen LogP contribution in [0.5, 0.6) is 5.75 Å². The summed E-state index contributed by atoms with van der Waals surface area (Å²) in [5.74, 6) is 0.861. The Morgan fingerprint density at radius 1 is 1.07 bits per heavy atom. The van der Waals surface area contributed by atoms with Crippen molar-refractivity contribution in [2.45, 2.75) is 0 Å². The molecule has 0 unspecified atom stereocenters. The van der Waals surface area contributed by atoms with Gasteiger partial charge in [-0.3, -0.25) is 0 Å². The van der Waals surface area contributed by atoms with Crippen molar-refractivity contribution in [3.8, 4) is 5.75 Å². The maximum Gasteiger partial charge on any atom is 0.119 e.